The lowest BCUT2D eigenvalue weighted by atomic mass is 10.1. The van der Waals surface area contributed by atoms with Crippen molar-refractivity contribution in [1.82, 2.24) is 4.98 Å². The molecule has 1 heterocycles. The van der Waals surface area contributed by atoms with Crippen LogP contribution in [-0.4, -0.2) is 23.1 Å². The van der Waals surface area contributed by atoms with Crippen molar-refractivity contribution in [1.29, 1.82) is 0 Å². The van der Waals surface area contributed by atoms with E-state index in [1.54, 1.807) is 12.3 Å². The third kappa shape index (κ3) is 2.91. The summed E-state index contributed by atoms with van der Waals surface area (Å²) in [6.07, 6.45) is 1.76. The van der Waals surface area contributed by atoms with Crippen LogP contribution in [0.25, 0.3) is 0 Å². The zero-order chi connectivity index (χ0) is 14.7. The van der Waals surface area contributed by atoms with Crippen molar-refractivity contribution in [2.24, 2.45) is 10.9 Å². The molecule has 104 valence electrons. The number of nitrogens with two attached hydrogens (primary N) is 1. The van der Waals surface area contributed by atoms with Gasteiger partial charge in [-0.1, -0.05) is 17.3 Å². The molecular formula is C14H15BrN4O. The quantitative estimate of drug-likeness (QED) is 0.391. The average molecular weight is 335 g/mol. The molecule has 6 heteroatoms. The first-order chi connectivity index (χ1) is 9.52. The van der Waals surface area contributed by atoms with E-state index in [0.29, 0.717) is 5.56 Å². The third-order valence-corrected chi connectivity index (χ3v) is 3.41. The summed E-state index contributed by atoms with van der Waals surface area (Å²) in [6, 6.07) is 9.43. The Labute approximate surface area is 125 Å². The van der Waals surface area contributed by atoms with E-state index in [2.05, 4.69) is 26.1 Å². The van der Waals surface area contributed by atoms with Crippen LogP contribution < -0.4 is 10.6 Å². The van der Waals surface area contributed by atoms with E-state index < -0.39 is 0 Å². The van der Waals surface area contributed by atoms with Crippen LogP contribution >= 0.6 is 15.9 Å². The lowest BCUT2D eigenvalue weighted by Gasteiger charge is -2.21. The molecule has 1 aromatic carbocycles. The Morgan fingerprint density at radius 3 is 2.80 bits per heavy atom. The second-order valence-corrected chi connectivity index (χ2v) is 5.30. The van der Waals surface area contributed by atoms with Gasteiger partial charge in [-0.15, -0.1) is 0 Å². The van der Waals surface area contributed by atoms with Crippen LogP contribution in [0.3, 0.4) is 0 Å². The molecule has 5 nitrogen and oxygen atoms in total. The summed E-state index contributed by atoms with van der Waals surface area (Å²) in [7, 11) is 1.93. The van der Waals surface area contributed by atoms with Gasteiger partial charge in [0.15, 0.2) is 5.84 Å². The summed E-state index contributed by atoms with van der Waals surface area (Å²) in [5.74, 6) is 0.936. The summed E-state index contributed by atoms with van der Waals surface area (Å²) >= 11 is 3.40. The number of aryl methyl sites for hydroxylation is 1. The van der Waals surface area contributed by atoms with Crippen LogP contribution in [0.5, 0.6) is 0 Å². The fraction of sp³-hybridized carbons (Fsp3) is 0.143. The lowest BCUT2D eigenvalue weighted by Crippen LogP contribution is -2.16. The summed E-state index contributed by atoms with van der Waals surface area (Å²) in [6.45, 7) is 2.00. The molecule has 1 aromatic heterocycles. The number of pyridine rings is 1. The summed E-state index contributed by atoms with van der Waals surface area (Å²) in [4.78, 5) is 6.37. The zero-order valence-electron chi connectivity index (χ0n) is 11.2. The van der Waals surface area contributed by atoms with Crippen molar-refractivity contribution in [2.75, 3.05) is 11.9 Å². The van der Waals surface area contributed by atoms with Gasteiger partial charge in [0, 0.05) is 29.0 Å². The highest BCUT2D eigenvalue weighted by molar-refractivity contribution is 9.10. The van der Waals surface area contributed by atoms with E-state index in [-0.39, 0.29) is 5.84 Å². The Bertz CT molecular complexity index is 657. The number of benzene rings is 1. The maximum atomic E-state index is 8.74. The number of rotatable bonds is 3. The van der Waals surface area contributed by atoms with Crippen LogP contribution in [0.15, 0.2) is 46.2 Å². The topological polar surface area (TPSA) is 74.7 Å². The van der Waals surface area contributed by atoms with Crippen molar-refractivity contribution in [3.05, 3.63) is 52.1 Å². The number of amidine groups is 1. The molecule has 2 aromatic rings. The molecule has 0 atom stereocenters. The largest absolute Gasteiger partial charge is 0.409 e. The second-order valence-electron chi connectivity index (χ2n) is 4.39. The van der Waals surface area contributed by atoms with Gasteiger partial charge in [-0.05, 0) is 46.6 Å². The van der Waals surface area contributed by atoms with E-state index in [4.69, 9.17) is 10.9 Å². The van der Waals surface area contributed by atoms with Crippen LogP contribution in [0.2, 0.25) is 0 Å². The highest BCUT2D eigenvalue weighted by Gasteiger charge is 2.10. The smallest absolute Gasteiger partial charge is 0.170 e. The van der Waals surface area contributed by atoms with Gasteiger partial charge in [-0.2, -0.15) is 0 Å². The van der Waals surface area contributed by atoms with E-state index in [1.165, 1.54) is 0 Å². The Morgan fingerprint density at radius 1 is 1.40 bits per heavy atom. The molecule has 0 spiro atoms. The standard InChI is InChI=1S/C14H15BrN4O/c1-9-6-11(15)8-17-14(9)19(2)12-5-3-4-10(7-12)13(16)18-20/h3-8,20H,1-2H3,(H2,16,18). The Hall–Kier alpha value is -2.08. The molecule has 3 N–H and O–H groups in total. The van der Waals surface area contributed by atoms with E-state index in [9.17, 15) is 0 Å². The minimum atomic E-state index is 0.0840. The predicted octanol–water partition coefficient (Wildman–Crippen LogP) is 3.01. The summed E-state index contributed by atoms with van der Waals surface area (Å²) in [5.41, 5.74) is 8.23. The summed E-state index contributed by atoms with van der Waals surface area (Å²) < 4.78 is 0.942. The van der Waals surface area contributed by atoms with Crippen molar-refractivity contribution < 1.29 is 5.21 Å². The first kappa shape index (κ1) is 14.3. The molecule has 0 unspecified atom stereocenters. The molecule has 0 aliphatic carbocycles. The van der Waals surface area contributed by atoms with Gasteiger partial charge in [-0.25, -0.2) is 4.98 Å². The van der Waals surface area contributed by atoms with Crippen LogP contribution in [0, 0.1) is 6.92 Å². The normalized spacial score (nSPS) is 11.4. The van der Waals surface area contributed by atoms with Crippen molar-refractivity contribution in [3.63, 3.8) is 0 Å². The third-order valence-electron chi connectivity index (χ3n) is 2.97. The molecule has 0 amide bonds. The summed E-state index contributed by atoms with van der Waals surface area (Å²) in [5, 5.41) is 11.8. The fourth-order valence-electron chi connectivity index (χ4n) is 1.94. The minimum absolute atomic E-state index is 0.0840. The maximum Gasteiger partial charge on any atom is 0.170 e. The highest BCUT2D eigenvalue weighted by atomic mass is 79.9. The van der Waals surface area contributed by atoms with E-state index in [0.717, 1.165) is 21.5 Å². The second kappa shape index (κ2) is 5.92. The van der Waals surface area contributed by atoms with Gasteiger partial charge >= 0.3 is 0 Å². The Kier molecular flexibility index (Phi) is 4.24. The van der Waals surface area contributed by atoms with E-state index in [1.807, 2.05) is 43.1 Å². The van der Waals surface area contributed by atoms with Gasteiger partial charge in [0.2, 0.25) is 0 Å². The SMILES string of the molecule is Cc1cc(Br)cnc1N(C)c1cccc(C(N)=NO)c1. The average Bonchev–Trinajstić information content (AvgIpc) is 2.46. The Balaban J connectivity index is 2.40. The minimum Gasteiger partial charge on any atom is -0.409 e. The first-order valence-corrected chi connectivity index (χ1v) is 6.76. The van der Waals surface area contributed by atoms with Gasteiger partial charge in [0.25, 0.3) is 0 Å². The van der Waals surface area contributed by atoms with Gasteiger partial charge in [-0.3, -0.25) is 0 Å². The number of oxime groups is 1. The molecule has 0 bridgehead atoms. The number of halogens is 1. The number of nitrogens with zero attached hydrogens (tertiary/aromatic N) is 3. The molecule has 0 fully saturated rings. The monoisotopic (exact) mass is 334 g/mol. The van der Waals surface area contributed by atoms with E-state index >= 15 is 0 Å². The number of hydrogen-bond donors (Lipinski definition) is 2. The van der Waals surface area contributed by atoms with Crippen LogP contribution in [0.1, 0.15) is 11.1 Å². The highest BCUT2D eigenvalue weighted by Crippen LogP contribution is 2.26. The van der Waals surface area contributed by atoms with Gasteiger partial charge in [0.05, 0.1) is 0 Å². The molecule has 0 radical (unpaired) electrons. The van der Waals surface area contributed by atoms with Crippen LogP contribution in [0.4, 0.5) is 11.5 Å². The lowest BCUT2D eigenvalue weighted by molar-refractivity contribution is 0.318. The Morgan fingerprint density at radius 2 is 2.15 bits per heavy atom. The molecular weight excluding hydrogens is 320 g/mol. The van der Waals surface area contributed by atoms with Crippen LogP contribution in [-0.2, 0) is 0 Å². The van der Waals surface area contributed by atoms with Gasteiger partial charge in [0.1, 0.15) is 5.82 Å². The predicted molar refractivity (Wildman–Crippen MR) is 83.7 cm³/mol. The molecule has 0 saturated heterocycles. The number of hydrogen-bond acceptors (Lipinski definition) is 4. The van der Waals surface area contributed by atoms with Crippen molar-refractivity contribution >= 4 is 33.3 Å². The zero-order valence-corrected chi connectivity index (χ0v) is 12.8. The number of anilines is 2. The van der Waals surface area contributed by atoms with Gasteiger partial charge < -0.3 is 15.8 Å². The molecule has 0 aliphatic heterocycles. The first-order valence-electron chi connectivity index (χ1n) is 5.96. The molecule has 0 aliphatic rings. The van der Waals surface area contributed by atoms with Crippen molar-refractivity contribution in [3.8, 4) is 0 Å². The number of aromatic nitrogens is 1. The molecule has 0 saturated carbocycles. The molecule has 20 heavy (non-hydrogen) atoms. The maximum absolute atomic E-state index is 8.74. The fourth-order valence-corrected chi connectivity index (χ4v) is 2.38. The molecule has 2 rings (SSSR count). The van der Waals surface area contributed by atoms with Crippen molar-refractivity contribution in [2.45, 2.75) is 6.92 Å².